The second-order valence-electron chi connectivity index (χ2n) is 4.97. The molecule has 1 heterocycles. The van der Waals surface area contributed by atoms with Crippen LogP contribution in [0.1, 0.15) is 24.0 Å². The predicted molar refractivity (Wildman–Crippen MR) is 70.1 cm³/mol. The number of nitrogens with zero attached hydrogens (tertiary/aromatic N) is 1. The summed E-state index contributed by atoms with van der Waals surface area (Å²) in [6, 6.07) is 5.47. The maximum Gasteiger partial charge on any atom is 0.393 e. The highest BCUT2D eigenvalue weighted by Crippen LogP contribution is 2.35. The first kappa shape index (κ1) is 13.8. The summed E-state index contributed by atoms with van der Waals surface area (Å²) >= 11 is 0. The van der Waals surface area contributed by atoms with Gasteiger partial charge in [-0.15, -0.1) is 6.42 Å². The quantitative estimate of drug-likeness (QED) is 0.700. The molecule has 4 heteroatoms. The van der Waals surface area contributed by atoms with Crippen LogP contribution < -0.4 is 4.90 Å². The molecule has 1 aromatic carbocycles. The van der Waals surface area contributed by atoms with Gasteiger partial charge in [0.2, 0.25) is 0 Å². The van der Waals surface area contributed by atoms with Crippen LogP contribution in [0.25, 0.3) is 0 Å². The molecule has 2 rings (SSSR count). The number of alkyl halides is 3. The minimum absolute atomic E-state index is 0.0400. The van der Waals surface area contributed by atoms with Crippen LogP contribution in [0.4, 0.5) is 18.9 Å². The third kappa shape index (κ3) is 3.04. The Morgan fingerprint density at radius 2 is 2.11 bits per heavy atom. The summed E-state index contributed by atoms with van der Waals surface area (Å²) in [4.78, 5) is 1.80. The van der Waals surface area contributed by atoms with Gasteiger partial charge in [-0.2, -0.15) is 13.2 Å². The molecule has 19 heavy (non-hydrogen) atoms. The standard InChI is InChI=1S/C15H16F3N/c1-3-12-6-7-14(9-11(12)2)19-8-4-5-13(10-19)15(16,17)18/h1,6-7,9,13H,4-5,8,10H2,2H3. The van der Waals surface area contributed by atoms with Crippen molar-refractivity contribution < 1.29 is 13.2 Å². The SMILES string of the molecule is C#Cc1ccc(N2CCCC(C(F)(F)F)C2)cc1C. The average Bonchev–Trinajstić information content (AvgIpc) is 2.38. The first-order valence-electron chi connectivity index (χ1n) is 6.30. The fourth-order valence-corrected chi connectivity index (χ4v) is 2.49. The molecule has 0 aliphatic carbocycles. The lowest BCUT2D eigenvalue weighted by atomic mass is 9.96. The molecule has 0 saturated carbocycles. The number of halogens is 3. The van der Waals surface area contributed by atoms with Gasteiger partial charge in [0.25, 0.3) is 0 Å². The van der Waals surface area contributed by atoms with E-state index in [0.717, 1.165) is 16.8 Å². The molecule has 1 aliphatic rings. The number of piperidine rings is 1. The molecule has 102 valence electrons. The molecular formula is C15H16F3N. The Balaban J connectivity index is 2.18. The summed E-state index contributed by atoms with van der Waals surface area (Å²) in [5.74, 6) is 1.33. The van der Waals surface area contributed by atoms with E-state index in [2.05, 4.69) is 5.92 Å². The summed E-state index contributed by atoms with van der Waals surface area (Å²) in [5.41, 5.74) is 2.53. The Morgan fingerprint density at radius 1 is 1.37 bits per heavy atom. The molecule has 1 saturated heterocycles. The minimum atomic E-state index is -4.10. The summed E-state index contributed by atoms with van der Waals surface area (Å²) in [6.07, 6.45) is 2.03. The number of hydrogen-bond acceptors (Lipinski definition) is 1. The topological polar surface area (TPSA) is 3.24 Å². The number of hydrogen-bond donors (Lipinski definition) is 0. The predicted octanol–water partition coefficient (Wildman–Crippen LogP) is 3.76. The Labute approximate surface area is 111 Å². The average molecular weight is 267 g/mol. The van der Waals surface area contributed by atoms with Crippen molar-refractivity contribution in [1.29, 1.82) is 0 Å². The van der Waals surface area contributed by atoms with Crippen molar-refractivity contribution in [3.63, 3.8) is 0 Å². The maximum atomic E-state index is 12.8. The fourth-order valence-electron chi connectivity index (χ4n) is 2.49. The van der Waals surface area contributed by atoms with Crippen LogP contribution in [-0.2, 0) is 0 Å². The van der Waals surface area contributed by atoms with E-state index in [4.69, 9.17) is 6.42 Å². The van der Waals surface area contributed by atoms with E-state index >= 15 is 0 Å². The van der Waals surface area contributed by atoms with Crippen LogP contribution in [0.3, 0.4) is 0 Å². The molecule has 1 fully saturated rings. The van der Waals surface area contributed by atoms with Gasteiger partial charge in [0, 0.05) is 24.3 Å². The molecule has 0 radical (unpaired) electrons. The zero-order valence-electron chi connectivity index (χ0n) is 10.8. The zero-order valence-corrected chi connectivity index (χ0v) is 10.8. The molecule has 0 amide bonds. The Hall–Kier alpha value is -1.63. The maximum absolute atomic E-state index is 12.8. The highest BCUT2D eigenvalue weighted by molar-refractivity contribution is 5.54. The van der Waals surface area contributed by atoms with Gasteiger partial charge < -0.3 is 4.90 Å². The lowest BCUT2D eigenvalue weighted by Crippen LogP contribution is -2.41. The van der Waals surface area contributed by atoms with Gasteiger partial charge in [-0.3, -0.25) is 0 Å². The highest BCUT2D eigenvalue weighted by atomic mass is 19.4. The minimum Gasteiger partial charge on any atom is -0.371 e. The Morgan fingerprint density at radius 3 is 2.68 bits per heavy atom. The van der Waals surface area contributed by atoms with Crippen LogP contribution in [0.2, 0.25) is 0 Å². The normalized spacial score (nSPS) is 20.2. The van der Waals surface area contributed by atoms with E-state index < -0.39 is 12.1 Å². The smallest absolute Gasteiger partial charge is 0.371 e. The molecule has 1 atom stereocenters. The number of aryl methyl sites for hydroxylation is 1. The monoisotopic (exact) mass is 267 g/mol. The van der Waals surface area contributed by atoms with E-state index in [-0.39, 0.29) is 13.0 Å². The van der Waals surface area contributed by atoms with Gasteiger partial charge in [0.1, 0.15) is 0 Å². The van der Waals surface area contributed by atoms with Gasteiger partial charge in [-0.25, -0.2) is 0 Å². The number of benzene rings is 1. The van der Waals surface area contributed by atoms with Crippen LogP contribution in [0, 0.1) is 25.2 Å². The number of anilines is 1. The lowest BCUT2D eigenvalue weighted by Gasteiger charge is -2.35. The third-order valence-corrected chi connectivity index (χ3v) is 3.61. The van der Waals surface area contributed by atoms with Crippen molar-refractivity contribution in [3.8, 4) is 12.3 Å². The van der Waals surface area contributed by atoms with Gasteiger partial charge in [0.05, 0.1) is 5.92 Å². The van der Waals surface area contributed by atoms with Crippen LogP contribution in [0.5, 0.6) is 0 Å². The summed E-state index contributed by atoms with van der Waals surface area (Å²) in [7, 11) is 0. The number of terminal acetylenes is 1. The van der Waals surface area contributed by atoms with Crippen molar-refractivity contribution in [2.45, 2.75) is 25.9 Å². The van der Waals surface area contributed by atoms with Crippen LogP contribution >= 0.6 is 0 Å². The number of rotatable bonds is 1. The molecule has 1 aliphatic heterocycles. The summed E-state index contributed by atoms with van der Waals surface area (Å²) < 4.78 is 38.3. The summed E-state index contributed by atoms with van der Waals surface area (Å²) in [5, 5.41) is 0. The molecule has 1 unspecified atom stereocenters. The van der Waals surface area contributed by atoms with Gasteiger partial charge in [-0.1, -0.05) is 5.92 Å². The zero-order chi connectivity index (χ0) is 14.0. The van der Waals surface area contributed by atoms with Gasteiger partial charge >= 0.3 is 6.18 Å². The largest absolute Gasteiger partial charge is 0.393 e. The second kappa shape index (κ2) is 5.16. The molecule has 1 aromatic rings. The fraction of sp³-hybridized carbons (Fsp3) is 0.467. The van der Waals surface area contributed by atoms with Gasteiger partial charge in [-0.05, 0) is 43.5 Å². The van der Waals surface area contributed by atoms with E-state index in [9.17, 15) is 13.2 Å². The van der Waals surface area contributed by atoms with Crippen molar-refractivity contribution in [2.24, 2.45) is 5.92 Å². The van der Waals surface area contributed by atoms with Gasteiger partial charge in [0.15, 0.2) is 0 Å². The second-order valence-corrected chi connectivity index (χ2v) is 4.97. The Kier molecular flexibility index (Phi) is 3.75. The molecule has 0 aromatic heterocycles. The van der Waals surface area contributed by atoms with Crippen LogP contribution in [0.15, 0.2) is 18.2 Å². The molecule has 1 nitrogen and oxygen atoms in total. The highest BCUT2D eigenvalue weighted by Gasteiger charge is 2.41. The van der Waals surface area contributed by atoms with E-state index in [1.807, 2.05) is 13.0 Å². The first-order valence-corrected chi connectivity index (χ1v) is 6.30. The molecule has 0 N–H and O–H groups in total. The molecule has 0 spiro atoms. The van der Waals surface area contributed by atoms with Crippen molar-refractivity contribution in [2.75, 3.05) is 18.0 Å². The summed E-state index contributed by atoms with van der Waals surface area (Å²) in [6.45, 7) is 2.59. The molecule has 0 bridgehead atoms. The van der Waals surface area contributed by atoms with E-state index in [1.165, 1.54) is 0 Å². The van der Waals surface area contributed by atoms with Crippen molar-refractivity contribution >= 4 is 5.69 Å². The lowest BCUT2D eigenvalue weighted by molar-refractivity contribution is -0.175. The van der Waals surface area contributed by atoms with E-state index in [0.29, 0.717) is 13.0 Å². The van der Waals surface area contributed by atoms with Crippen LogP contribution in [-0.4, -0.2) is 19.3 Å². The van der Waals surface area contributed by atoms with Crippen molar-refractivity contribution in [1.82, 2.24) is 0 Å². The Bertz CT molecular complexity index is 499. The third-order valence-electron chi connectivity index (χ3n) is 3.61. The molecular weight excluding hydrogens is 251 g/mol. The van der Waals surface area contributed by atoms with E-state index in [1.54, 1.807) is 17.0 Å². The first-order chi connectivity index (χ1) is 8.91. The van der Waals surface area contributed by atoms with Crippen molar-refractivity contribution in [3.05, 3.63) is 29.3 Å².